The van der Waals surface area contributed by atoms with Crippen LogP contribution in [-0.4, -0.2) is 25.1 Å². The van der Waals surface area contributed by atoms with E-state index in [1.807, 2.05) is 13.8 Å². The molecule has 1 aromatic carbocycles. The van der Waals surface area contributed by atoms with Gasteiger partial charge in [-0.1, -0.05) is 25.4 Å². The number of nitrogens with one attached hydrogen (secondary N) is 2. The molecule has 3 amide bonds. The Morgan fingerprint density at radius 2 is 2.05 bits per heavy atom. The lowest BCUT2D eigenvalue weighted by Crippen LogP contribution is -2.46. The Bertz CT molecular complexity index is 520. The summed E-state index contributed by atoms with van der Waals surface area (Å²) in [5.41, 5.74) is 5.54. The number of carbonyl (C=O) groups is 2. The molecule has 7 heteroatoms. The van der Waals surface area contributed by atoms with E-state index in [4.69, 9.17) is 22.1 Å². The van der Waals surface area contributed by atoms with Crippen molar-refractivity contribution in [1.29, 1.82) is 0 Å². The van der Waals surface area contributed by atoms with Crippen molar-refractivity contribution in [3.63, 3.8) is 0 Å². The van der Waals surface area contributed by atoms with Gasteiger partial charge in [0, 0.05) is 5.02 Å². The van der Waals surface area contributed by atoms with Gasteiger partial charge in [-0.3, -0.25) is 4.79 Å². The van der Waals surface area contributed by atoms with Crippen molar-refractivity contribution in [2.24, 2.45) is 11.7 Å². The number of amides is 3. The quantitative estimate of drug-likeness (QED) is 0.752. The zero-order valence-electron chi connectivity index (χ0n) is 12.3. The van der Waals surface area contributed by atoms with E-state index >= 15 is 0 Å². The van der Waals surface area contributed by atoms with E-state index in [-0.39, 0.29) is 11.8 Å². The smallest absolute Gasteiger partial charge is 0.312 e. The maximum atomic E-state index is 12.3. The van der Waals surface area contributed by atoms with Gasteiger partial charge in [-0.15, -0.1) is 0 Å². The van der Waals surface area contributed by atoms with Crippen LogP contribution in [0.5, 0.6) is 5.75 Å². The van der Waals surface area contributed by atoms with Crippen molar-refractivity contribution >= 4 is 29.2 Å². The largest absolute Gasteiger partial charge is 0.495 e. The first-order chi connectivity index (χ1) is 9.83. The number of nitrogens with two attached hydrogens (primary N) is 1. The third-order valence-corrected chi connectivity index (χ3v) is 2.99. The Morgan fingerprint density at radius 3 is 2.57 bits per heavy atom. The van der Waals surface area contributed by atoms with Crippen molar-refractivity contribution < 1.29 is 14.3 Å². The van der Waals surface area contributed by atoms with Gasteiger partial charge < -0.3 is 21.1 Å². The molecule has 0 bridgehead atoms. The molecule has 0 saturated heterocycles. The first-order valence-electron chi connectivity index (χ1n) is 6.53. The fraction of sp³-hybridized carbons (Fsp3) is 0.429. The highest BCUT2D eigenvalue weighted by molar-refractivity contribution is 6.31. The highest BCUT2D eigenvalue weighted by Gasteiger charge is 2.22. The Morgan fingerprint density at radius 1 is 1.38 bits per heavy atom. The summed E-state index contributed by atoms with van der Waals surface area (Å²) in [5.74, 6) is 0.326. The Hall–Kier alpha value is -1.95. The number of anilines is 1. The summed E-state index contributed by atoms with van der Waals surface area (Å²) >= 11 is 5.91. The highest BCUT2D eigenvalue weighted by atomic mass is 35.5. The Balaban J connectivity index is 2.90. The summed E-state index contributed by atoms with van der Waals surface area (Å²) in [6.45, 7) is 3.89. The van der Waals surface area contributed by atoms with Gasteiger partial charge in [0.25, 0.3) is 0 Å². The molecule has 0 unspecified atom stereocenters. The lowest BCUT2D eigenvalue weighted by atomic mass is 10.0. The van der Waals surface area contributed by atoms with Gasteiger partial charge in [-0.25, -0.2) is 4.79 Å². The predicted molar refractivity (Wildman–Crippen MR) is 82.6 cm³/mol. The second-order valence-electron chi connectivity index (χ2n) is 5.02. The lowest BCUT2D eigenvalue weighted by molar-refractivity contribution is -0.118. The molecule has 116 valence electrons. The number of hydrogen-bond acceptors (Lipinski definition) is 3. The second kappa shape index (κ2) is 7.73. The average molecular weight is 314 g/mol. The second-order valence-corrected chi connectivity index (χ2v) is 5.46. The van der Waals surface area contributed by atoms with E-state index in [1.165, 1.54) is 7.11 Å². The van der Waals surface area contributed by atoms with Crippen LogP contribution >= 0.6 is 11.6 Å². The summed E-state index contributed by atoms with van der Waals surface area (Å²) < 4.78 is 5.16. The molecule has 0 saturated carbocycles. The maximum absolute atomic E-state index is 12.3. The zero-order chi connectivity index (χ0) is 16.0. The fourth-order valence-corrected chi connectivity index (χ4v) is 2.04. The summed E-state index contributed by atoms with van der Waals surface area (Å²) in [7, 11) is 1.49. The molecule has 21 heavy (non-hydrogen) atoms. The molecule has 0 fully saturated rings. The van der Waals surface area contributed by atoms with Crippen LogP contribution in [-0.2, 0) is 4.79 Å². The van der Waals surface area contributed by atoms with Crippen molar-refractivity contribution in [1.82, 2.24) is 5.32 Å². The first kappa shape index (κ1) is 17.1. The van der Waals surface area contributed by atoms with Crippen molar-refractivity contribution in [3.8, 4) is 5.75 Å². The molecular weight excluding hydrogens is 294 g/mol. The summed E-state index contributed by atoms with van der Waals surface area (Å²) in [4.78, 5) is 23.3. The molecule has 0 aliphatic heterocycles. The molecule has 6 nitrogen and oxygen atoms in total. The average Bonchev–Trinajstić information content (AvgIpc) is 2.37. The van der Waals surface area contributed by atoms with E-state index in [0.29, 0.717) is 22.9 Å². The number of urea groups is 1. The lowest BCUT2D eigenvalue weighted by Gasteiger charge is -2.20. The molecule has 0 aliphatic carbocycles. The van der Waals surface area contributed by atoms with Gasteiger partial charge in [0.2, 0.25) is 5.91 Å². The van der Waals surface area contributed by atoms with E-state index in [2.05, 4.69) is 10.6 Å². The summed E-state index contributed by atoms with van der Waals surface area (Å²) in [6, 6.07) is 3.43. The van der Waals surface area contributed by atoms with Gasteiger partial charge in [0.1, 0.15) is 11.8 Å². The van der Waals surface area contributed by atoms with Gasteiger partial charge in [0.15, 0.2) is 0 Å². The third kappa shape index (κ3) is 5.51. The van der Waals surface area contributed by atoms with Crippen LogP contribution in [0.3, 0.4) is 0 Å². The van der Waals surface area contributed by atoms with E-state index in [0.717, 1.165) is 0 Å². The Kier molecular flexibility index (Phi) is 6.30. The molecular formula is C14H20ClN3O3. The number of methoxy groups -OCH3 is 1. The van der Waals surface area contributed by atoms with Crippen LogP contribution < -0.4 is 21.1 Å². The molecule has 0 radical (unpaired) electrons. The van der Waals surface area contributed by atoms with E-state index in [9.17, 15) is 9.59 Å². The molecule has 0 spiro atoms. The number of rotatable bonds is 6. The van der Waals surface area contributed by atoms with Crippen LogP contribution in [0, 0.1) is 5.92 Å². The van der Waals surface area contributed by atoms with Gasteiger partial charge in [0.05, 0.1) is 12.8 Å². The van der Waals surface area contributed by atoms with Crippen LogP contribution in [0.1, 0.15) is 20.3 Å². The van der Waals surface area contributed by atoms with Gasteiger partial charge in [-0.2, -0.15) is 0 Å². The molecule has 0 aliphatic rings. The van der Waals surface area contributed by atoms with Crippen molar-refractivity contribution in [3.05, 3.63) is 23.2 Å². The number of hydrogen-bond donors (Lipinski definition) is 3. The van der Waals surface area contributed by atoms with Gasteiger partial charge in [-0.05, 0) is 30.5 Å². The highest BCUT2D eigenvalue weighted by Crippen LogP contribution is 2.27. The molecule has 1 atom stereocenters. The first-order valence-corrected chi connectivity index (χ1v) is 6.91. The summed E-state index contributed by atoms with van der Waals surface area (Å²) in [5, 5.41) is 5.60. The molecule has 0 heterocycles. The van der Waals surface area contributed by atoms with E-state index < -0.39 is 12.1 Å². The number of halogens is 1. The standard InChI is InChI=1S/C14H20ClN3O3/c1-8(2)6-11(18-14(16)20)13(19)17-10-7-9(15)4-5-12(10)21-3/h4-5,7-8,11H,6H2,1-3H3,(H,17,19)(H3,16,18,20)/t11-/m0/s1. The SMILES string of the molecule is COc1ccc(Cl)cc1NC(=O)[C@H](CC(C)C)NC(N)=O. The maximum Gasteiger partial charge on any atom is 0.312 e. The minimum atomic E-state index is -0.742. The normalized spacial score (nSPS) is 11.9. The van der Waals surface area contributed by atoms with Gasteiger partial charge >= 0.3 is 6.03 Å². The topological polar surface area (TPSA) is 93.4 Å². The van der Waals surface area contributed by atoms with Crippen molar-refractivity contribution in [2.75, 3.05) is 12.4 Å². The zero-order valence-corrected chi connectivity index (χ0v) is 13.0. The van der Waals surface area contributed by atoms with Crippen LogP contribution in [0.15, 0.2) is 18.2 Å². The third-order valence-electron chi connectivity index (χ3n) is 2.76. The van der Waals surface area contributed by atoms with Crippen LogP contribution in [0.4, 0.5) is 10.5 Å². The van der Waals surface area contributed by atoms with E-state index in [1.54, 1.807) is 18.2 Å². The fourth-order valence-electron chi connectivity index (χ4n) is 1.87. The molecule has 0 aromatic heterocycles. The number of benzene rings is 1. The molecule has 4 N–H and O–H groups in total. The number of ether oxygens (including phenoxy) is 1. The number of primary amides is 1. The molecule has 1 aromatic rings. The monoisotopic (exact) mass is 313 g/mol. The van der Waals surface area contributed by atoms with Crippen LogP contribution in [0.25, 0.3) is 0 Å². The minimum Gasteiger partial charge on any atom is -0.495 e. The van der Waals surface area contributed by atoms with Crippen LogP contribution in [0.2, 0.25) is 5.02 Å². The Labute approximate surface area is 129 Å². The minimum absolute atomic E-state index is 0.217. The predicted octanol–water partition coefficient (Wildman–Crippen LogP) is 2.37. The van der Waals surface area contributed by atoms with Crippen molar-refractivity contribution in [2.45, 2.75) is 26.3 Å². The number of carbonyl (C=O) groups excluding carboxylic acids is 2. The molecule has 1 rings (SSSR count). The summed E-state index contributed by atoms with van der Waals surface area (Å²) in [6.07, 6.45) is 0.470.